The van der Waals surface area contributed by atoms with Crippen LogP contribution in [0.3, 0.4) is 0 Å². The van der Waals surface area contributed by atoms with Gasteiger partial charge in [-0.1, -0.05) is 54.6 Å². The lowest BCUT2D eigenvalue weighted by Crippen LogP contribution is -1.91. The van der Waals surface area contributed by atoms with E-state index in [-0.39, 0.29) is 0 Å². The number of rotatable bonds is 0. The lowest BCUT2D eigenvalue weighted by atomic mass is 9.93. The van der Waals surface area contributed by atoms with Gasteiger partial charge in [0.25, 0.3) is 0 Å². The maximum atomic E-state index is 3.25. The molecule has 0 aliphatic heterocycles. The first-order valence-corrected chi connectivity index (χ1v) is 5.44. The topological polar surface area (TPSA) is 0 Å². The maximum absolute atomic E-state index is 3.25. The predicted octanol–water partition coefficient (Wildman–Crippen LogP) is 4.42. The molecule has 0 amide bonds. The molecule has 0 heteroatoms. The number of hydrogen-bond acceptors (Lipinski definition) is 0. The third-order valence-electron chi connectivity index (χ3n) is 2.66. The van der Waals surface area contributed by atoms with E-state index in [1.807, 2.05) is 0 Å². The molecule has 0 saturated heterocycles. The van der Waals surface area contributed by atoms with Crippen molar-refractivity contribution in [2.45, 2.75) is 6.42 Å². The predicted molar refractivity (Wildman–Crippen MR) is 72.2 cm³/mol. The molecule has 0 nitrogen and oxygen atoms in total. The molecule has 0 spiro atoms. The zero-order valence-corrected chi connectivity index (χ0v) is 9.32. The first kappa shape index (κ1) is 10.7. The molecule has 3 rings (SSSR count). The quantitative estimate of drug-likeness (QED) is 0.600. The van der Waals surface area contributed by atoms with E-state index in [0.29, 0.717) is 0 Å². The summed E-state index contributed by atoms with van der Waals surface area (Å²) in [5.41, 5.74) is 2.81. The van der Waals surface area contributed by atoms with E-state index in [9.17, 15) is 0 Å². The first-order valence-electron chi connectivity index (χ1n) is 5.44. The molecular formula is C16H15. The highest BCUT2D eigenvalue weighted by molar-refractivity contribution is 5.94. The van der Waals surface area contributed by atoms with Crippen LogP contribution in [0.15, 0.2) is 55.1 Å². The molecule has 0 fully saturated rings. The number of allylic oxidation sites excluding steroid dienone is 2. The van der Waals surface area contributed by atoms with Crippen LogP contribution >= 0.6 is 0 Å². The molecule has 16 heavy (non-hydrogen) atoms. The second kappa shape index (κ2) is 4.80. The summed E-state index contributed by atoms with van der Waals surface area (Å²) in [6.07, 6.45) is 7.03. The Balaban J connectivity index is 0.000000292. The second-order valence-corrected chi connectivity index (χ2v) is 3.76. The maximum Gasteiger partial charge on any atom is -0.00763 e. The molecule has 0 N–H and O–H groups in total. The van der Waals surface area contributed by atoms with Crippen LogP contribution in [0.1, 0.15) is 11.1 Å². The third-order valence-corrected chi connectivity index (χ3v) is 2.66. The highest BCUT2D eigenvalue weighted by Crippen LogP contribution is 2.27. The van der Waals surface area contributed by atoms with Crippen LogP contribution < -0.4 is 0 Å². The fraction of sp³-hybridized carbons (Fsp3) is 0.0625. The average Bonchev–Trinajstić information content (AvgIpc) is 2.31. The average molecular weight is 207 g/mol. The highest BCUT2D eigenvalue weighted by Gasteiger charge is 2.06. The smallest absolute Gasteiger partial charge is 0.00763 e. The Morgan fingerprint density at radius 3 is 2.50 bits per heavy atom. The van der Waals surface area contributed by atoms with Crippen LogP contribution in [-0.4, -0.2) is 0 Å². The lowest BCUT2D eigenvalue weighted by Gasteiger charge is -2.11. The van der Waals surface area contributed by atoms with Crippen LogP contribution in [0, 0.1) is 6.92 Å². The zero-order valence-electron chi connectivity index (χ0n) is 9.32. The van der Waals surface area contributed by atoms with E-state index in [1.165, 1.54) is 28.0 Å². The molecule has 0 heterocycles. The van der Waals surface area contributed by atoms with E-state index in [0.717, 1.165) is 6.42 Å². The molecule has 0 unspecified atom stereocenters. The van der Waals surface area contributed by atoms with Gasteiger partial charge in [0.05, 0.1) is 0 Å². The minimum atomic E-state index is 1.08. The van der Waals surface area contributed by atoms with Crippen molar-refractivity contribution in [1.29, 1.82) is 0 Å². The lowest BCUT2D eigenvalue weighted by molar-refractivity contribution is 1.29. The van der Waals surface area contributed by atoms with E-state index in [2.05, 4.69) is 62.1 Å². The van der Waals surface area contributed by atoms with E-state index >= 15 is 0 Å². The second-order valence-electron chi connectivity index (χ2n) is 3.76. The van der Waals surface area contributed by atoms with Crippen LogP contribution in [0.5, 0.6) is 0 Å². The monoisotopic (exact) mass is 207 g/mol. The molecule has 1 aliphatic carbocycles. The SMILES string of the molecule is C1=Cc2cccc3cccc(c23)C1.[CH2]C=C. The Morgan fingerprint density at radius 2 is 1.75 bits per heavy atom. The van der Waals surface area contributed by atoms with Gasteiger partial charge in [0.2, 0.25) is 0 Å². The standard InChI is InChI=1S/C13H10.C3H5/c1-4-10-6-2-8-12-9-3-7-11(5-1)13(10)12;1-3-2/h1-8H,9H2;3H,1-2H2. The minimum Gasteiger partial charge on any atom is -0.103 e. The van der Waals surface area contributed by atoms with Crippen molar-refractivity contribution in [3.63, 3.8) is 0 Å². The van der Waals surface area contributed by atoms with Crippen molar-refractivity contribution in [3.05, 3.63) is 73.2 Å². The normalized spacial score (nSPS) is 11.8. The summed E-state index contributed by atoms with van der Waals surface area (Å²) in [4.78, 5) is 0. The van der Waals surface area contributed by atoms with Crippen molar-refractivity contribution in [2.24, 2.45) is 0 Å². The molecule has 2 aromatic carbocycles. The Morgan fingerprint density at radius 1 is 1.06 bits per heavy atom. The van der Waals surface area contributed by atoms with Crippen molar-refractivity contribution < 1.29 is 0 Å². The van der Waals surface area contributed by atoms with Crippen molar-refractivity contribution in [3.8, 4) is 0 Å². The number of benzene rings is 2. The Hall–Kier alpha value is -1.82. The molecule has 1 radical (unpaired) electrons. The Kier molecular flexibility index (Phi) is 3.21. The molecule has 2 aromatic rings. The summed E-state index contributed by atoms with van der Waals surface area (Å²) in [7, 11) is 0. The highest BCUT2D eigenvalue weighted by atomic mass is 14.1. The van der Waals surface area contributed by atoms with Crippen LogP contribution in [-0.2, 0) is 6.42 Å². The van der Waals surface area contributed by atoms with E-state index in [1.54, 1.807) is 0 Å². The molecular weight excluding hydrogens is 192 g/mol. The fourth-order valence-corrected chi connectivity index (χ4v) is 2.07. The van der Waals surface area contributed by atoms with Gasteiger partial charge in [-0.15, -0.1) is 6.58 Å². The molecule has 1 aliphatic rings. The summed E-state index contributed by atoms with van der Waals surface area (Å²) in [6.45, 7) is 6.50. The summed E-state index contributed by atoms with van der Waals surface area (Å²) in [5, 5.41) is 2.80. The minimum absolute atomic E-state index is 1.08. The van der Waals surface area contributed by atoms with Crippen LogP contribution in [0.4, 0.5) is 0 Å². The number of hydrogen-bond donors (Lipinski definition) is 0. The van der Waals surface area contributed by atoms with Gasteiger partial charge in [0.15, 0.2) is 0 Å². The summed E-state index contributed by atoms with van der Waals surface area (Å²) in [5.74, 6) is 0. The van der Waals surface area contributed by atoms with Gasteiger partial charge in [-0.2, -0.15) is 0 Å². The summed E-state index contributed by atoms with van der Waals surface area (Å²) >= 11 is 0. The molecule has 0 saturated carbocycles. The van der Waals surface area contributed by atoms with Crippen LogP contribution in [0.25, 0.3) is 16.8 Å². The third kappa shape index (κ3) is 1.92. The van der Waals surface area contributed by atoms with Gasteiger partial charge in [-0.3, -0.25) is 0 Å². The van der Waals surface area contributed by atoms with Gasteiger partial charge >= 0.3 is 0 Å². The molecule has 79 valence electrons. The van der Waals surface area contributed by atoms with Gasteiger partial charge in [-0.05, 0) is 35.2 Å². The summed E-state index contributed by atoms with van der Waals surface area (Å²) in [6, 6.07) is 13.0. The Labute approximate surface area is 96.9 Å². The van der Waals surface area contributed by atoms with Crippen molar-refractivity contribution >= 4 is 16.8 Å². The van der Waals surface area contributed by atoms with Crippen molar-refractivity contribution in [1.82, 2.24) is 0 Å². The Bertz CT molecular complexity index is 527. The summed E-state index contributed by atoms with van der Waals surface area (Å²) < 4.78 is 0. The van der Waals surface area contributed by atoms with Crippen LogP contribution in [0.2, 0.25) is 0 Å². The van der Waals surface area contributed by atoms with E-state index < -0.39 is 0 Å². The van der Waals surface area contributed by atoms with Gasteiger partial charge in [0.1, 0.15) is 0 Å². The molecule has 0 bridgehead atoms. The molecule has 0 atom stereocenters. The van der Waals surface area contributed by atoms with Gasteiger partial charge in [-0.25, -0.2) is 0 Å². The van der Waals surface area contributed by atoms with Gasteiger partial charge < -0.3 is 0 Å². The fourth-order valence-electron chi connectivity index (χ4n) is 2.07. The largest absolute Gasteiger partial charge is 0.103 e. The zero-order chi connectivity index (χ0) is 11.4. The molecule has 0 aromatic heterocycles. The van der Waals surface area contributed by atoms with Gasteiger partial charge in [0, 0.05) is 0 Å². The first-order chi connectivity index (χ1) is 7.86. The van der Waals surface area contributed by atoms with Crippen molar-refractivity contribution in [2.75, 3.05) is 0 Å². The van der Waals surface area contributed by atoms with E-state index in [4.69, 9.17) is 0 Å².